The fourth-order valence-corrected chi connectivity index (χ4v) is 5.18. The van der Waals surface area contributed by atoms with Crippen LogP contribution >= 0.6 is 0 Å². The summed E-state index contributed by atoms with van der Waals surface area (Å²) in [4.78, 5) is 29.5. The topological polar surface area (TPSA) is 74.8 Å². The lowest BCUT2D eigenvalue weighted by Crippen LogP contribution is -2.53. The molecule has 0 N–H and O–H groups in total. The molecule has 150 valence electrons. The van der Waals surface area contributed by atoms with Gasteiger partial charge in [-0.15, -0.1) is 0 Å². The fourth-order valence-electron chi connectivity index (χ4n) is 3.41. The number of carbonyl (C=O) groups excluding carboxylic acids is 2. The first-order valence-corrected chi connectivity index (χ1v) is 11.1. The summed E-state index contributed by atoms with van der Waals surface area (Å²) in [5.41, 5.74) is -0.266. The summed E-state index contributed by atoms with van der Waals surface area (Å²) in [6.45, 7) is 7.52. The summed E-state index contributed by atoms with van der Waals surface area (Å²) in [6.07, 6.45) is 0.423. The van der Waals surface area contributed by atoms with E-state index in [9.17, 15) is 18.0 Å². The van der Waals surface area contributed by atoms with E-state index in [2.05, 4.69) is 0 Å². The molecule has 6 nitrogen and oxygen atoms in total. The van der Waals surface area contributed by atoms with Crippen molar-refractivity contribution in [3.63, 3.8) is 0 Å². The number of sulfone groups is 1. The van der Waals surface area contributed by atoms with Crippen molar-refractivity contribution in [2.45, 2.75) is 52.7 Å². The van der Waals surface area contributed by atoms with Crippen LogP contribution in [0.4, 0.5) is 0 Å². The molecule has 1 aliphatic rings. The normalized spacial score (nSPS) is 19.1. The summed E-state index contributed by atoms with van der Waals surface area (Å²) in [5.74, 6) is -0.528. The third kappa shape index (κ3) is 4.89. The number of carbonyl (C=O) groups is 2. The van der Waals surface area contributed by atoms with Gasteiger partial charge < -0.3 is 9.80 Å². The summed E-state index contributed by atoms with van der Waals surface area (Å²) in [5, 5.41) is 0. The van der Waals surface area contributed by atoms with Crippen LogP contribution in [0.1, 0.15) is 39.7 Å². The Kier molecular flexibility index (Phi) is 6.35. The van der Waals surface area contributed by atoms with Gasteiger partial charge in [0.1, 0.15) is 5.41 Å². The van der Waals surface area contributed by atoms with Crippen molar-refractivity contribution in [2.24, 2.45) is 5.41 Å². The van der Waals surface area contributed by atoms with E-state index in [0.717, 1.165) is 5.56 Å². The second kappa shape index (κ2) is 8.00. The molecule has 0 aliphatic carbocycles. The van der Waals surface area contributed by atoms with Crippen LogP contribution in [0, 0.1) is 5.41 Å². The SMILES string of the molecule is CC(C)N(Cc1ccccc1)C(=O)C(C)(C)C(=O)N(C)C1CCS(=O)(=O)C1. The Hall–Kier alpha value is -1.89. The summed E-state index contributed by atoms with van der Waals surface area (Å²) < 4.78 is 23.5. The maximum atomic E-state index is 13.3. The Labute approximate surface area is 162 Å². The van der Waals surface area contributed by atoms with Crippen molar-refractivity contribution in [3.05, 3.63) is 35.9 Å². The van der Waals surface area contributed by atoms with E-state index < -0.39 is 15.3 Å². The van der Waals surface area contributed by atoms with Gasteiger partial charge in [0, 0.05) is 25.7 Å². The van der Waals surface area contributed by atoms with Gasteiger partial charge in [-0.1, -0.05) is 30.3 Å². The van der Waals surface area contributed by atoms with Crippen LogP contribution in [0.15, 0.2) is 30.3 Å². The highest BCUT2D eigenvalue weighted by Crippen LogP contribution is 2.27. The largest absolute Gasteiger partial charge is 0.341 e. The van der Waals surface area contributed by atoms with Gasteiger partial charge in [-0.2, -0.15) is 0 Å². The summed E-state index contributed by atoms with van der Waals surface area (Å²) in [6, 6.07) is 9.23. The number of hydrogen-bond acceptors (Lipinski definition) is 4. The van der Waals surface area contributed by atoms with Crippen LogP contribution in [0.5, 0.6) is 0 Å². The maximum Gasteiger partial charge on any atom is 0.238 e. The monoisotopic (exact) mass is 394 g/mol. The lowest BCUT2D eigenvalue weighted by molar-refractivity contribution is -0.155. The van der Waals surface area contributed by atoms with Gasteiger partial charge in [0.25, 0.3) is 0 Å². The van der Waals surface area contributed by atoms with E-state index in [1.807, 2.05) is 44.2 Å². The average Bonchev–Trinajstić information content (AvgIpc) is 2.98. The van der Waals surface area contributed by atoms with E-state index >= 15 is 0 Å². The quantitative estimate of drug-likeness (QED) is 0.693. The lowest BCUT2D eigenvalue weighted by atomic mass is 9.88. The van der Waals surface area contributed by atoms with Crippen LogP contribution in [0.3, 0.4) is 0 Å². The zero-order valence-corrected chi connectivity index (χ0v) is 17.6. The van der Waals surface area contributed by atoms with Crippen molar-refractivity contribution in [1.82, 2.24) is 9.80 Å². The van der Waals surface area contributed by atoms with Crippen molar-refractivity contribution in [1.29, 1.82) is 0 Å². The van der Waals surface area contributed by atoms with Crippen LogP contribution in [-0.2, 0) is 26.0 Å². The summed E-state index contributed by atoms with van der Waals surface area (Å²) >= 11 is 0. The molecule has 1 atom stereocenters. The van der Waals surface area contributed by atoms with Gasteiger partial charge in [-0.25, -0.2) is 8.42 Å². The third-order valence-electron chi connectivity index (χ3n) is 5.23. The number of rotatable bonds is 6. The van der Waals surface area contributed by atoms with E-state index in [-0.39, 0.29) is 35.4 Å². The molecular weight excluding hydrogens is 364 g/mol. The van der Waals surface area contributed by atoms with E-state index in [4.69, 9.17) is 0 Å². The van der Waals surface area contributed by atoms with Crippen molar-refractivity contribution in [2.75, 3.05) is 18.6 Å². The second-order valence-electron chi connectivity index (χ2n) is 8.11. The molecule has 1 unspecified atom stereocenters. The Bertz CT molecular complexity index is 787. The average molecular weight is 395 g/mol. The third-order valence-corrected chi connectivity index (χ3v) is 6.98. The highest BCUT2D eigenvalue weighted by molar-refractivity contribution is 7.91. The first kappa shape index (κ1) is 21.4. The molecule has 1 fully saturated rings. The minimum Gasteiger partial charge on any atom is -0.341 e. The molecule has 1 heterocycles. The zero-order chi connectivity index (χ0) is 20.4. The lowest BCUT2D eigenvalue weighted by Gasteiger charge is -2.37. The van der Waals surface area contributed by atoms with Crippen LogP contribution in [0.25, 0.3) is 0 Å². The van der Waals surface area contributed by atoms with E-state index in [1.54, 1.807) is 25.8 Å². The number of benzene rings is 1. The Morgan fingerprint density at radius 3 is 2.22 bits per heavy atom. The smallest absolute Gasteiger partial charge is 0.238 e. The zero-order valence-electron chi connectivity index (χ0n) is 16.8. The van der Waals surface area contributed by atoms with Gasteiger partial charge >= 0.3 is 0 Å². The molecule has 0 bridgehead atoms. The molecule has 0 radical (unpaired) electrons. The molecule has 2 rings (SSSR count). The van der Waals surface area contributed by atoms with Crippen LogP contribution < -0.4 is 0 Å². The van der Waals surface area contributed by atoms with Crippen LogP contribution in [-0.4, -0.2) is 60.7 Å². The molecule has 0 spiro atoms. The van der Waals surface area contributed by atoms with Crippen molar-refractivity contribution >= 4 is 21.7 Å². The number of amides is 2. The molecule has 2 amide bonds. The molecule has 27 heavy (non-hydrogen) atoms. The number of hydrogen-bond donors (Lipinski definition) is 0. The standard InChI is InChI=1S/C20H30N2O4S/c1-15(2)22(13-16-9-7-6-8-10-16)19(24)20(3,4)18(23)21(5)17-11-12-27(25,26)14-17/h6-10,15,17H,11-14H2,1-5H3. The van der Waals surface area contributed by atoms with E-state index in [1.165, 1.54) is 4.90 Å². The predicted octanol–water partition coefficient (Wildman–Crippen LogP) is 2.10. The molecule has 0 aromatic heterocycles. The molecular formula is C20H30N2O4S. The van der Waals surface area contributed by atoms with Gasteiger partial charge in [-0.3, -0.25) is 9.59 Å². The molecule has 0 saturated carbocycles. The Morgan fingerprint density at radius 1 is 1.15 bits per heavy atom. The predicted molar refractivity (Wildman–Crippen MR) is 106 cm³/mol. The maximum absolute atomic E-state index is 13.3. The Balaban J connectivity index is 2.18. The minimum atomic E-state index is -3.10. The highest BCUT2D eigenvalue weighted by atomic mass is 32.2. The van der Waals surface area contributed by atoms with E-state index in [0.29, 0.717) is 13.0 Å². The molecule has 1 aromatic carbocycles. The van der Waals surface area contributed by atoms with Crippen LogP contribution in [0.2, 0.25) is 0 Å². The highest BCUT2D eigenvalue weighted by Gasteiger charge is 2.44. The molecule has 7 heteroatoms. The van der Waals surface area contributed by atoms with Gasteiger partial charge in [0.05, 0.1) is 11.5 Å². The van der Waals surface area contributed by atoms with Gasteiger partial charge in [0.15, 0.2) is 9.84 Å². The van der Waals surface area contributed by atoms with Crippen molar-refractivity contribution < 1.29 is 18.0 Å². The fraction of sp³-hybridized carbons (Fsp3) is 0.600. The van der Waals surface area contributed by atoms with Gasteiger partial charge in [0.2, 0.25) is 11.8 Å². The van der Waals surface area contributed by atoms with Crippen molar-refractivity contribution in [3.8, 4) is 0 Å². The first-order chi connectivity index (χ1) is 12.5. The Morgan fingerprint density at radius 2 is 1.74 bits per heavy atom. The second-order valence-corrected chi connectivity index (χ2v) is 10.3. The molecule has 1 aromatic rings. The molecule has 1 aliphatic heterocycles. The summed E-state index contributed by atoms with van der Waals surface area (Å²) in [7, 11) is -1.50. The first-order valence-electron chi connectivity index (χ1n) is 9.28. The van der Waals surface area contributed by atoms with Gasteiger partial charge in [-0.05, 0) is 39.7 Å². The minimum absolute atomic E-state index is 0.0303. The number of nitrogens with zero attached hydrogens (tertiary/aromatic N) is 2. The molecule has 1 saturated heterocycles.